The fourth-order valence-electron chi connectivity index (χ4n) is 3.58. The average molecular weight is 252 g/mol. The maximum absolute atomic E-state index is 12.3. The van der Waals surface area contributed by atoms with Gasteiger partial charge in [0.2, 0.25) is 0 Å². The van der Waals surface area contributed by atoms with Gasteiger partial charge in [0.15, 0.2) is 0 Å². The lowest BCUT2D eigenvalue weighted by molar-refractivity contribution is -0.182. The van der Waals surface area contributed by atoms with Crippen LogP contribution >= 0.6 is 0 Å². The maximum atomic E-state index is 12.3. The van der Waals surface area contributed by atoms with Crippen LogP contribution in [0.2, 0.25) is 0 Å². The first-order valence-electron chi connectivity index (χ1n) is 6.43. The first-order valence-corrected chi connectivity index (χ1v) is 6.43. The maximum Gasteiger partial charge on any atom is 0.313 e. The molecule has 0 N–H and O–H groups in total. The van der Waals surface area contributed by atoms with Gasteiger partial charge in [-0.05, 0) is 19.8 Å². The van der Waals surface area contributed by atoms with E-state index < -0.39 is 11.5 Å². The molecule has 2 aliphatic carbocycles. The summed E-state index contributed by atoms with van der Waals surface area (Å²) in [6.07, 6.45) is 1.25. The lowest BCUT2D eigenvalue weighted by atomic mass is 9.54. The van der Waals surface area contributed by atoms with Crippen LogP contribution in [-0.2, 0) is 23.9 Å². The Morgan fingerprint density at radius 2 is 2.06 bits per heavy atom. The summed E-state index contributed by atoms with van der Waals surface area (Å²) in [4.78, 5) is 35.5. The van der Waals surface area contributed by atoms with Gasteiger partial charge in [0.1, 0.15) is 11.9 Å². The van der Waals surface area contributed by atoms with Gasteiger partial charge in [0.25, 0.3) is 0 Å². The summed E-state index contributed by atoms with van der Waals surface area (Å²) in [6, 6.07) is 0. The van der Waals surface area contributed by atoms with E-state index in [1.54, 1.807) is 6.92 Å². The highest BCUT2D eigenvalue weighted by atomic mass is 16.6. The summed E-state index contributed by atoms with van der Waals surface area (Å²) < 4.78 is 10.5. The summed E-state index contributed by atoms with van der Waals surface area (Å²) in [6.45, 7) is 1.92. The predicted molar refractivity (Wildman–Crippen MR) is 59.4 cm³/mol. The van der Waals surface area contributed by atoms with Gasteiger partial charge in [-0.15, -0.1) is 0 Å². The summed E-state index contributed by atoms with van der Waals surface area (Å²) in [7, 11) is 0. The minimum Gasteiger partial charge on any atom is -0.465 e. The molecule has 1 spiro atoms. The van der Waals surface area contributed by atoms with E-state index in [2.05, 4.69) is 0 Å². The van der Waals surface area contributed by atoms with Crippen molar-refractivity contribution in [1.29, 1.82) is 0 Å². The van der Waals surface area contributed by atoms with E-state index in [1.807, 2.05) is 0 Å². The van der Waals surface area contributed by atoms with Crippen molar-refractivity contribution in [3.8, 4) is 0 Å². The molecule has 0 radical (unpaired) electrons. The van der Waals surface area contributed by atoms with E-state index in [4.69, 9.17) is 9.47 Å². The van der Waals surface area contributed by atoms with Crippen molar-refractivity contribution < 1.29 is 23.9 Å². The second kappa shape index (κ2) is 3.80. The Labute approximate surface area is 105 Å². The Balaban J connectivity index is 1.90. The fraction of sp³-hybridized carbons (Fsp3) is 0.769. The monoisotopic (exact) mass is 252 g/mol. The highest BCUT2D eigenvalue weighted by molar-refractivity contribution is 5.95. The van der Waals surface area contributed by atoms with Gasteiger partial charge in [0, 0.05) is 18.3 Å². The summed E-state index contributed by atoms with van der Waals surface area (Å²) in [5.41, 5.74) is -0.698. The second-order valence-corrected chi connectivity index (χ2v) is 5.59. The Morgan fingerprint density at radius 1 is 1.28 bits per heavy atom. The molecule has 1 heterocycles. The number of esters is 2. The Kier molecular flexibility index (Phi) is 2.47. The van der Waals surface area contributed by atoms with Crippen LogP contribution in [0.5, 0.6) is 0 Å². The van der Waals surface area contributed by atoms with E-state index in [9.17, 15) is 14.4 Å². The zero-order valence-electron chi connectivity index (χ0n) is 10.3. The first-order chi connectivity index (χ1) is 8.54. The van der Waals surface area contributed by atoms with Gasteiger partial charge in [-0.25, -0.2) is 0 Å². The standard InChI is InChI=1S/C13H16O5/c1-7-4-11(15)17-6-8-5-9-10(14)2-3-13(8,9)12(16)18-7/h7-9H,2-6H2,1H3/t7-,8+,9+,13-/m1/s1. The fourth-order valence-corrected chi connectivity index (χ4v) is 3.58. The number of hydrogen-bond donors (Lipinski definition) is 0. The Hall–Kier alpha value is -1.39. The normalized spacial score (nSPS) is 43.6. The van der Waals surface area contributed by atoms with Crippen LogP contribution in [-0.4, -0.2) is 30.4 Å². The third-order valence-electron chi connectivity index (χ3n) is 4.63. The smallest absolute Gasteiger partial charge is 0.313 e. The number of ether oxygens (including phenoxy) is 2. The molecule has 3 fully saturated rings. The molecule has 5 nitrogen and oxygen atoms in total. The molecule has 0 amide bonds. The first kappa shape index (κ1) is 11.7. The summed E-state index contributed by atoms with van der Waals surface area (Å²) in [5, 5.41) is 0. The molecule has 5 heteroatoms. The Morgan fingerprint density at radius 3 is 2.78 bits per heavy atom. The molecule has 1 saturated heterocycles. The molecule has 1 aliphatic heterocycles. The molecular weight excluding hydrogens is 236 g/mol. The molecule has 0 aromatic heterocycles. The Bertz CT molecular complexity index is 429. The van der Waals surface area contributed by atoms with E-state index in [1.165, 1.54) is 0 Å². The number of ketones is 1. The van der Waals surface area contributed by atoms with Gasteiger partial charge in [-0.3, -0.25) is 14.4 Å². The van der Waals surface area contributed by atoms with Crippen molar-refractivity contribution in [2.24, 2.45) is 17.3 Å². The largest absolute Gasteiger partial charge is 0.465 e. The van der Waals surface area contributed by atoms with Gasteiger partial charge >= 0.3 is 11.9 Å². The van der Waals surface area contributed by atoms with Crippen LogP contribution in [0.4, 0.5) is 0 Å². The van der Waals surface area contributed by atoms with Crippen molar-refractivity contribution in [2.75, 3.05) is 6.61 Å². The molecule has 4 atom stereocenters. The number of carbonyl (C=O) groups excluding carboxylic acids is 3. The number of carbonyl (C=O) groups is 3. The number of rotatable bonds is 0. The molecule has 0 unspecified atom stereocenters. The predicted octanol–water partition coefficient (Wildman–Crippen LogP) is 0.850. The van der Waals surface area contributed by atoms with Crippen molar-refractivity contribution in [3.63, 3.8) is 0 Å². The van der Waals surface area contributed by atoms with Crippen LogP contribution in [0.25, 0.3) is 0 Å². The second-order valence-electron chi connectivity index (χ2n) is 5.59. The quantitative estimate of drug-likeness (QED) is 0.598. The number of hydrogen-bond acceptors (Lipinski definition) is 5. The summed E-state index contributed by atoms with van der Waals surface area (Å²) >= 11 is 0. The van der Waals surface area contributed by atoms with Crippen LogP contribution in [0.1, 0.15) is 32.6 Å². The van der Waals surface area contributed by atoms with Gasteiger partial charge in [-0.1, -0.05) is 0 Å². The van der Waals surface area contributed by atoms with Crippen molar-refractivity contribution in [1.82, 2.24) is 0 Å². The van der Waals surface area contributed by atoms with Crippen molar-refractivity contribution >= 4 is 17.7 Å². The van der Waals surface area contributed by atoms with Crippen molar-refractivity contribution in [3.05, 3.63) is 0 Å². The molecule has 3 rings (SSSR count). The van der Waals surface area contributed by atoms with E-state index in [0.717, 1.165) is 0 Å². The molecule has 98 valence electrons. The summed E-state index contributed by atoms with van der Waals surface area (Å²) in [5.74, 6) is -0.739. The third kappa shape index (κ3) is 1.42. The molecule has 0 bridgehead atoms. The van der Waals surface area contributed by atoms with Crippen LogP contribution in [0, 0.1) is 17.3 Å². The number of cyclic esters (lactones) is 2. The van der Waals surface area contributed by atoms with E-state index in [0.29, 0.717) is 19.3 Å². The van der Waals surface area contributed by atoms with Crippen LogP contribution in [0.15, 0.2) is 0 Å². The van der Waals surface area contributed by atoms with Crippen LogP contribution in [0.3, 0.4) is 0 Å². The lowest BCUT2D eigenvalue weighted by Crippen LogP contribution is -2.55. The molecule has 0 aromatic rings. The highest BCUT2D eigenvalue weighted by Gasteiger charge is 2.67. The lowest BCUT2D eigenvalue weighted by Gasteiger charge is -2.48. The molecular formula is C13H16O5. The number of Topliss-reactive ketones (excluding diaryl/α,β-unsaturated/α-hetero) is 1. The zero-order chi connectivity index (χ0) is 12.9. The highest BCUT2D eigenvalue weighted by Crippen LogP contribution is 2.60. The van der Waals surface area contributed by atoms with E-state index >= 15 is 0 Å². The molecule has 3 aliphatic rings. The van der Waals surface area contributed by atoms with Crippen molar-refractivity contribution in [2.45, 2.75) is 38.7 Å². The molecule has 0 aromatic carbocycles. The third-order valence-corrected chi connectivity index (χ3v) is 4.63. The van der Waals surface area contributed by atoms with Gasteiger partial charge in [0.05, 0.1) is 18.4 Å². The average Bonchev–Trinajstić information content (AvgIpc) is 2.51. The van der Waals surface area contributed by atoms with E-state index in [-0.39, 0.29) is 42.6 Å². The van der Waals surface area contributed by atoms with Gasteiger partial charge in [-0.2, -0.15) is 0 Å². The zero-order valence-corrected chi connectivity index (χ0v) is 10.3. The van der Waals surface area contributed by atoms with Gasteiger partial charge < -0.3 is 9.47 Å². The topological polar surface area (TPSA) is 69.7 Å². The SMILES string of the molecule is C[C@@H]1CC(=O)OC[C@@H]2C[C@H]3C(=O)CC[C@@]23C(=O)O1. The van der Waals surface area contributed by atoms with Crippen LogP contribution < -0.4 is 0 Å². The minimum atomic E-state index is -0.698. The minimum absolute atomic E-state index is 0.0456. The molecule has 2 saturated carbocycles. The molecule has 18 heavy (non-hydrogen) atoms.